The van der Waals surface area contributed by atoms with E-state index in [-0.39, 0.29) is 12.3 Å². The summed E-state index contributed by atoms with van der Waals surface area (Å²) in [5, 5.41) is 8.63. The second kappa shape index (κ2) is 2.22. The van der Waals surface area contributed by atoms with Gasteiger partial charge in [-0.15, -0.1) is 0 Å². The fourth-order valence-electron chi connectivity index (χ4n) is 1.16. The lowest BCUT2D eigenvalue weighted by Gasteiger charge is -2.15. The van der Waals surface area contributed by atoms with E-state index >= 15 is 0 Å². The fourth-order valence-corrected chi connectivity index (χ4v) is 1.16. The molecule has 2 unspecified atom stereocenters. The number of hydrogen-bond acceptors (Lipinski definition) is 3. The van der Waals surface area contributed by atoms with Gasteiger partial charge in [0.25, 0.3) is 0 Å². The van der Waals surface area contributed by atoms with E-state index in [9.17, 15) is 9.59 Å². The summed E-state index contributed by atoms with van der Waals surface area (Å²) in [6.45, 7) is 3.08. The smallest absolute Gasteiger partial charge is 0.347 e. The highest BCUT2D eigenvalue weighted by atomic mass is 16.6. The van der Waals surface area contributed by atoms with Gasteiger partial charge in [0.1, 0.15) is 0 Å². The van der Waals surface area contributed by atoms with Crippen molar-refractivity contribution in [1.82, 2.24) is 0 Å². The van der Waals surface area contributed by atoms with Gasteiger partial charge in [0.15, 0.2) is 0 Å². The largest absolute Gasteiger partial charge is 0.478 e. The topological polar surface area (TPSA) is 63.6 Å². The minimum Gasteiger partial charge on any atom is -0.478 e. The van der Waals surface area contributed by atoms with Gasteiger partial charge in [-0.25, -0.2) is 4.79 Å². The summed E-state index contributed by atoms with van der Waals surface area (Å²) in [7, 11) is 0. The Morgan fingerprint density at radius 1 is 1.82 bits per heavy atom. The summed E-state index contributed by atoms with van der Waals surface area (Å²) in [4.78, 5) is 21.3. The Kier molecular flexibility index (Phi) is 1.62. The molecule has 1 heterocycles. The third-order valence-corrected chi connectivity index (χ3v) is 1.88. The van der Waals surface area contributed by atoms with Crippen LogP contribution in [0.4, 0.5) is 0 Å². The molecule has 0 bridgehead atoms. The number of carbonyl (C=O) groups is 2. The van der Waals surface area contributed by atoms with Gasteiger partial charge >= 0.3 is 11.9 Å². The van der Waals surface area contributed by atoms with Crippen LogP contribution in [0.15, 0.2) is 0 Å². The maximum absolute atomic E-state index is 10.8. The number of carbonyl (C=O) groups excluding carboxylic acids is 1. The zero-order valence-electron chi connectivity index (χ0n) is 6.46. The highest BCUT2D eigenvalue weighted by Crippen LogP contribution is 2.30. The van der Waals surface area contributed by atoms with Crippen molar-refractivity contribution in [3.63, 3.8) is 0 Å². The Morgan fingerprint density at radius 3 is 2.55 bits per heavy atom. The molecule has 0 spiro atoms. The van der Waals surface area contributed by atoms with Crippen LogP contribution in [0.5, 0.6) is 0 Å². The molecule has 0 aromatic heterocycles. The number of rotatable bonds is 1. The first kappa shape index (κ1) is 8.04. The number of esters is 1. The third kappa shape index (κ3) is 1.20. The Bertz CT molecular complexity index is 208. The molecule has 1 aliphatic heterocycles. The summed E-state index contributed by atoms with van der Waals surface area (Å²) < 4.78 is 4.68. The molecule has 0 amide bonds. The Hall–Kier alpha value is -1.06. The van der Waals surface area contributed by atoms with Crippen molar-refractivity contribution in [1.29, 1.82) is 0 Å². The summed E-state index contributed by atoms with van der Waals surface area (Å²) in [6, 6.07) is 0. The maximum atomic E-state index is 10.8. The van der Waals surface area contributed by atoms with Gasteiger partial charge in [-0.1, -0.05) is 6.92 Å². The molecular formula is C7H10O4. The minimum absolute atomic E-state index is 0.265. The SMILES string of the molecule is CC1CC(C)(C(=O)O)OC1=O. The van der Waals surface area contributed by atoms with E-state index in [0.717, 1.165) is 0 Å². The molecule has 0 saturated carbocycles. The highest BCUT2D eigenvalue weighted by Gasteiger charge is 2.46. The standard InChI is InChI=1S/C7H10O4/c1-4-3-7(2,6(9)10)11-5(4)8/h4H,3H2,1-2H3,(H,9,10). The number of carboxylic acid groups (broad SMARTS) is 1. The lowest BCUT2D eigenvalue weighted by atomic mass is 9.97. The second-order valence-electron chi connectivity index (χ2n) is 3.06. The molecule has 11 heavy (non-hydrogen) atoms. The molecule has 62 valence electrons. The maximum Gasteiger partial charge on any atom is 0.347 e. The first-order valence-electron chi connectivity index (χ1n) is 3.42. The average Bonchev–Trinajstić information content (AvgIpc) is 2.09. The molecule has 0 aromatic rings. The molecule has 1 fully saturated rings. The zero-order valence-corrected chi connectivity index (χ0v) is 6.46. The van der Waals surface area contributed by atoms with Crippen molar-refractivity contribution in [2.75, 3.05) is 0 Å². The predicted octanol–water partition coefficient (Wildman–Crippen LogP) is 0.413. The first-order valence-corrected chi connectivity index (χ1v) is 3.42. The van der Waals surface area contributed by atoms with Gasteiger partial charge in [-0.05, 0) is 6.92 Å². The van der Waals surface area contributed by atoms with Crippen LogP contribution in [-0.2, 0) is 14.3 Å². The molecular weight excluding hydrogens is 148 g/mol. The molecule has 1 N–H and O–H groups in total. The molecule has 4 nitrogen and oxygen atoms in total. The van der Waals surface area contributed by atoms with E-state index in [4.69, 9.17) is 5.11 Å². The van der Waals surface area contributed by atoms with Crippen molar-refractivity contribution in [2.24, 2.45) is 5.92 Å². The van der Waals surface area contributed by atoms with Crippen molar-refractivity contribution in [3.8, 4) is 0 Å². The van der Waals surface area contributed by atoms with Crippen LogP contribution in [0.1, 0.15) is 20.3 Å². The van der Waals surface area contributed by atoms with E-state index in [1.807, 2.05) is 0 Å². The Balaban J connectivity index is 2.79. The molecule has 4 heteroatoms. The predicted molar refractivity (Wildman–Crippen MR) is 35.9 cm³/mol. The van der Waals surface area contributed by atoms with Gasteiger partial charge in [-0.2, -0.15) is 0 Å². The van der Waals surface area contributed by atoms with Crippen LogP contribution in [0.25, 0.3) is 0 Å². The van der Waals surface area contributed by atoms with E-state index in [1.165, 1.54) is 6.92 Å². The number of hydrogen-bond donors (Lipinski definition) is 1. The summed E-state index contributed by atoms with van der Waals surface area (Å²) in [6.07, 6.45) is 0.265. The quantitative estimate of drug-likeness (QED) is 0.561. The monoisotopic (exact) mass is 158 g/mol. The molecule has 0 aliphatic carbocycles. The van der Waals surface area contributed by atoms with Crippen LogP contribution in [0.3, 0.4) is 0 Å². The van der Waals surface area contributed by atoms with Gasteiger partial charge < -0.3 is 9.84 Å². The van der Waals surface area contributed by atoms with Crippen molar-refractivity contribution < 1.29 is 19.4 Å². The van der Waals surface area contributed by atoms with Crippen LogP contribution in [-0.4, -0.2) is 22.6 Å². The van der Waals surface area contributed by atoms with Crippen LogP contribution >= 0.6 is 0 Å². The van der Waals surface area contributed by atoms with Crippen LogP contribution in [0, 0.1) is 5.92 Å². The van der Waals surface area contributed by atoms with Crippen LogP contribution < -0.4 is 0 Å². The second-order valence-corrected chi connectivity index (χ2v) is 3.06. The van der Waals surface area contributed by atoms with Gasteiger partial charge in [0.2, 0.25) is 5.60 Å². The van der Waals surface area contributed by atoms with Crippen molar-refractivity contribution in [3.05, 3.63) is 0 Å². The molecule has 2 atom stereocenters. The van der Waals surface area contributed by atoms with E-state index in [2.05, 4.69) is 4.74 Å². The first-order chi connectivity index (χ1) is 4.96. The van der Waals surface area contributed by atoms with E-state index in [0.29, 0.717) is 0 Å². The summed E-state index contributed by atoms with van der Waals surface area (Å²) >= 11 is 0. The van der Waals surface area contributed by atoms with Gasteiger partial charge in [0.05, 0.1) is 5.92 Å². The molecule has 1 saturated heterocycles. The van der Waals surface area contributed by atoms with E-state index in [1.54, 1.807) is 6.92 Å². The molecule has 1 aliphatic rings. The van der Waals surface area contributed by atoms with Crippen molar-refractivity contribution >= 4 is 11.9 Å². The lowest BCUT2D eigenvalue weighted by Crippen LogP contribution is -2.34. The molecule has 0 aromatic carbocycles. The Morgan fingerprint density at radius 2 is 2.36 bits per heavy atom. The number of carboxylic acids is 1. The number of cyclic esters (lactones) is 1. The van der Waals surface area contributed by atoms with Crippen molar-refractivity contribution in [2.45, 2.75) is 25.9 Å². The van der Waals surface area contributed by atoms with Crippen LogP contribution in [0.2, 0.25) is 0 Å². The Labute approximate surface area is 64.2 Å². The highest BCUT2D eigenvalue weighted by molar-refractivity contribution is 5.86. The number of ether oxygens (including phenoxy) is 1. The molecule has 0 radical (unpaired) electrons. The summed E-state index contributed by atoms with van der Waals surface area (Å²) in [5.74, 6) is -1.79. The number of aliphatic carboxylic acids is 1. The minimum atomic E-state index is -1.30. The average molecular weight is 158 g/mol. The third-order valence-electron chi connectivity index (χ3n) is 1.88. The fraction of sp³-hybridized carbons (Fsp3) is 0.714. The zero-order chi connectivity index (χ0) is 8.65. The normalized spacial score (nSPS) is 36.9. The summed E-state index contributed by atoms with van der Waals surface area (Å²) in [5.41, 5.74) is -1.30. The van der Waals surface area contributed by atoms with Gasteiger partial charge in [-0.3, -0.25) is 4.79 Å². The lowest BCUT2D eigenvalue weighted by molar-refractivity contribution is -0.167. The van der Waals surface area contributed by atoms with E-state index < -0.39 is 17.5 Å². The molecule has 1 rings (SSSR count). The van der Waals surface area contributed by atoms with Gasteiger partial charge in [0, 0.05) is 6.42 Å².